The van der Waals surface area contributed by atoms with Crippen LogP contribution < -0.4 is 15.4 Å². The van der Waals surface area contributed by atoms with E-state index < -0.39 is 18.1 Å². The minimum atomic E-state index is -4.30. The summed E-state index contributed by atoms with van der Waals surface area (Å²) in [6.07, 6.45) is -0.636. The van der Waals surface area contributed by atoms with Gasteiger partial charge >= 0.3 is 6.18 Å². The highest BCUT2D eigenvalue weighted by atomic mass is 19.4. The number of carbonyl (C=O) groups is 1. The minimum Gasteiger partial charge on any atom is -0.455 e. The van der Waals surface area contributed by atoms with E-state index in [4.69, 9.17) is 4.74 Å². The highest BCUT2D eigenvalue weighted by Crippen LogP contribution is 2.36. The van der Waals surface area contributed by atoms with Crippen molar-refractivity contribution in [1.29, 1.82) is 5.26 Å². The van der Waals surface area contributed by atoms with Crippen LogP contribution in [0.5, 0.6) is 11.5 Å². The maximum absolute atomic E-state index is 12.9. The zero-order chi connectivity index (χ0) is 28.7. The van der Waals surface area contributed by atoms with Gasteiger partial charge in [0.05, 0.1) is 36.3 Å². The van der Waals surface area contributed by atoms with E-state index in [9.17, 15) is 23.2 Å². The fourth-order valence-electron chi connectivity index (χ4n) is 4.51. The second-order valence-electron chi connectivity index (χ2n) is 10.2. The molecule has 0 unspecified atom stereocenters. The smallest absolute Gasteiger partial charge is 0.390 e. The topological polar surface area (TPSA) is 91.4 Å². The Balaban J connectivity index is 1.52. The number of imidazole rings is 1. The van der Waals surface area contributed by atoms with Crippen LogP contribution in [0.2, 0.25) is 0 Å². The van der Waals surface area contributed by atoms with Gasteiger partial charge in [0, 0.05) is 23.7 Å². The van der Waals surface area contributed by atoms with Crippen molar-refractivity contribution in [2.24, 2.45) is 0 Å². The number of carbonyl (C=O) groups excluding carboxylic acids is 1. The summed E-state index contributed by atoms with van der Waals surface area (Å²) in [7, 11) is 0. The standard InChI is InChI=1S/C30H28F3N5O2/c1-18-5-4-6-26(20(18)3)40-22-14-24(35-12-11-30(31,32)33)27-36-15-25(38(27)16-22)21-7-8-23(19(2)13-21)28(39)37-29(17-34)9-10-29/h4-8,13-16,35H,9-12H2,1-3H3,(H,37,39). The van der Waals surface area contributed by atoms with Gasteiger partial charge in [-0.15, -0.1) is 0 Å². The Morgan fingerprint density at radius 1 is 1.15 bits per heavy atom. The molecule has 206 valence electrons. The largest absolute Gasteiger partial charge is 0.455 e. The van der Waals surface area contributed by atoms with Crippen LogP contribution in [0.3, 0.4) is 0 Å². The third-order valence-electron chi connectivity index (χ3n) is 7.17. The van der Waals surface area contributed by atoms with E-state index in [-0.39, 0.29) is 12.5 Å². The second-order valence-corrected chi connectivity index (χ2v) is 10.2. The van der Waals surface area contributed by atoms with Crippen molar-refractivity contribution in [3.8, 4) is 28.8 Å². The monoisotopic (exact) mass is 547 g/mol. The summed E-state index contributed by atoms with van der Waals surface area (Å²) in [6, 6.07) is 14.8. The molecule has 0 atom stereocenters. The van der Waals surface area contributed by atoms with Crippen LogP contribution in [0.1, 0.15) is 46.3 Å². The first-order chi connectivity index (χ1) is 19.0. The number of rotatable bonds is 8. The molecule has 4 aromatic rings. The summed E-state index contributed by atoms with van der Waals surface area (Å²) >= 11 is 0. The van der Waals surface area contributed by atoms with Crippen LogP contribution >= 0.6 is 0 Å². The number of aryl methyl sites for hydroxylation is 2. The Labute approximate surface area is 229 Å². The first kappa shape index (κ1) is 27.1. The number of amides is 1. The minimum absolute atomic E-state index is 0.304. The molecule has 2 N–H and O–H groups in total. The van der Waals surface area contributed by atoms with Gasteiger partial charge in [-0.25, -0.2) is 4.98 Å². The van der Waals surface area contributed by atoms with E-state index in [1.165, 1.54) is 0 Å². The number of nitrogens with one attached hydrogen (secondary N) is 2. The Bertz CT molecular complexity index is 1650. The molecule has 0 aliphatic heterocycles. The summed E-state index contributed by atoms with van der Waals surface area (Å²) < 4.78 is 46.5. The Morgan fingerprint density at radius 3 is 2.60 bits per heavy atom. The molecule has 2 aromatic carbocycles. The molecule has 1 saturated carbocycles. The number of aromatic nitrogens is 2. The number of anilines is 1. The predicted molar refractivity (Wildman–Crippen MR) is 146 cm³/mol. The number of fused-ring (bicyclic) bond motifs is 1. The summed E-state index contributed by atoms with van der Waals surface area (Å²) in [6.45, 7) is 5.41. The molecule has 40 heavy (non-hydrogen) atoms. The first-order valence-electron chi connectivity index (χ1n) is 12.9. The van der Waals surface area contributed by atoms with Crippen LogP contribution in [0.15, 0.2) is 54.9 Å². The SMILES string of the molecule is Cc1cc(-c2cnc3c(NCCC(F)(F)F)cc(Oc4cccc(C)c4C)cn23)ccc1C(=O)NC1(C#N)CC1. The van der Waals surface area contributed by atoms with Crippen molar-refractivity contribution in [2.75, 3.05) is 11.9 Å². The van der Waals surface area contributed by atoms with Crippen LogP contribution in [-0.4, -0.2) is 33.6 Å². The molecule has 1 aliphatic carbocycles. The number of benzene rings is 2. The normalized spacial score (nSPS) is 14.0. The molecule has 2 aromatic heterocycles. The molecule has 1 amide bonds. The first-order valence-corrected chi connectivity index (χ1v) is 12.9. The number of nitrogens with zero attached hydrogens (tertiary/aromatic N) is 3. The second kappa shape index (κ2) is 10.2. The molecule has 1 fully saturated rings. The number of alkyl halides is 3. The Hall–Kier alpha value is -4.52. The van der Waals surface area contributed by atoms with E-state index in [1.807, 2.05) is 45.0 Å². The lowest BCUT2D eigenvalue weighted by Crippen LogP contribution is -2.35. The van der Waals surface area contributed by atoms with Crippen LogP contribution in [0.4, 0.5) is 18.9 Å². The molecule has 0 radical (unpaired) electrons. The lowest BCUT2D eigenvalue weighted by atomic mass is 10.0. The van der Waals surface area contributed by atoms with E-state index in [1.54, 1.807) is 35.0 Å². The van der Waals surface area contributed by atoms with Crippen LogP contribution in [-0.2, 0) is 0 Å². The molecule has 10 heteroatoms. The average molecular weight is 548 g/mol. The number of hydrogen-bond donors (Lipinski definition) is 2. The number of hydrogen-bond acceptors (Lipinski definition) is 5. The molecule has 2 heterocycles. The van der Waals surface area contributed by atoms with E-state index in [2.05, 4.69) is 21.7 Å². The van der Waals surface area contributed by atoms with Gasteiger partial charge < -0.3 is 15.4 Å². The summed E-state index contributed by atoms with van der Waals surface area (Å²) in [5, 5.41) is 15.0. The molecule has 0 saturated heterocycles. The number of ether oxygens (including phenoxy) is 1. The van der Waals surface area contributed by atoms with Gasteiger partial charge in [0.2, 0.25) is 0 Å². The number of halogens is 3. The van der Waals surface area contributed by atoms with Gasteiger partial charge in [-0.2, -0.15) is 18.4 Å². The van der Waals surface area contributed by atoms with Gasteiger partial charge in [0.1, 0.15) is 17.0 Å². The van der Waals surface area contributed by atoms with Gasteiger partial charge in [-0.05, 0) is 68.5 Å². The van der Waals surface area contributed by atoms with E-state index in [0.717, 1.165) is 16.7 Å². The summed E-state index contributed by atoms with van der Waals surface area (Å²) in [5.41, 5.74) is 4.68. The van der Waals surface area contributed by atoms with Crippen molar-refractivity contribution in [3.05, 3.63) is 77.1 Å². The fraction of sp³-hybridized carbons (Fsp3) is 0.300. The summed E-state index contributed by atoms with van der Waals surface area (Å²) in [5.74, 6) is 0.759. The van der Waals surface area contributed by atoms with Crippen LogP contribution in [0, 0.1) is 32.1 Å². The fourth-order valence-corrected chi connectivity index (χ4v) is 4.51. The maximum atomic E-state index is 12.9. The quantitative estimate of drug-likeness (QED) is 0.251. The van der Waals surface area contributed by atoms with Crippen molar-refractivity contribution in [3.63, 3.8) is 0 Å². The van der Waals surface area contributed by atoms with Crippen LogP contribution in [0.25, 0.3) is 16.9 Å². The highest BCUT2D eigenvalue weighted by molar-refractivity contribution is 5.97. The van der Waals surface area contributed by atoms with E-state index >= 15 is 0 Å². The lowest BCUT2D eigenvalue weighted by molar-refractivity contribution is -0.131. The van der Waals surface area contributed by atoms with Crippen molar-refractivity contribution in [1.82, 2.24) is 14.7 Å². The summed E-state index contributed by atoms with van der Waals surface area (Å²) in [4.78, 5) is 17.3. The van der Waals surface area contributed by atoms with Gasteiger partial charge in [0.25, 0.3) is 5.91 Å². The third kappa shape index (κ3) is 5.59. The van der Waals surface area contributed by atoms with Gasteiger partial charge in [-0.3, -0.25) is 9.20 Å². The molecule has 1 aliphatic rings. The number of nitriles is 1. The van der Waals surface area contributed by atoms with E-state index in [0.29, 0.717) is 52.5 Å². The average Bonchev–Trinajstić information content (AvgIpc) is 3.53. The van der Waals surface area contributed by atoms with Crippen molar-refractivity contribution < 1.29 is 22.7 Å². The van der Waals surface area contributed by atoms with Gasteiger partial charge in [0.15, 0.2) is 5.65 Å². The Kier molecular flexibility index (Phi) is 6.92. The Morgan fingerprint density at radius 2 is 1.93 bits per heavy atom. The zero-order valence-electron chi connectivity index (χ0n) is 22.3. The van der Waals surface area contributed by atoms with Gasteiger partial charge in [-0.1, -0.05) is 18.2 Å². The predicted octanol–water partition coefficient (Wildman–Crippen LogP) is 6.87. The van der Waals surface area contributed by atoms with Crippen molar-refractivity contribution in [2.45, 2.75) is 51.7 Å². The molecular formula is C30H28F3N5O2. The highest BCUT2D eigenvalue weighted by Gasteiger charge is 2.44. The molecule has 0 spiro atoms. The van der Waals surface area contributed by atoms with Crippen molar-refractivity contribution >= 4 is 17.2 Å². The maximum Gasteiger partial charge on any atom is 0.390 e. The molecular weight excluding hydrogens is 519 g/mol. The molecule has 0 bridgehead atoms. The number of pyridine rings is 1. The molecule has 5 rings (SSSR count). The third-order valence-corrected chi connectivity index (χ3v) is 7.17. The molecule has 7 nitrogen and oxygen atoms in total. The lowest BCUT2D eigenvalue weighted by Gasteiger charge is -2.15. The zero-order valence-corrected chi connectivity index (χ0v) is 22.3.